The highest BCUT2D eigenvalue weighted by atomic mass is 16.5. The molecule has 2 aromatic rings. The smallest absolute Gasteiger partial charge is 0.255 e. The van der Waals surface area contributed by atoms with Gasteiger partial charge in [0, 0.05) is 30.7 Å². The third-order valence-corrected chi connectivity index (χ3v) is 6.87. The predicted octanol–water partition coefficient (Wildman–Crippen LogP) is 0.344. The molecule has 0 saturated carbocycles. The number of nitrogens with zero attached hydrogens (tertiary/aromatic N) is 2. The van der Waals surface area contributed by atoms with Crippen molar-refractivity contribution >= 4 is 41.3 Å². The van der Waals surface area contributed by atoms with E-state index in [1.165, 1.54) is 4.90 Å². The van der Waals surface area contributed by atoms with Crippen LogP contribution in [0.2, 0.25) is 0 Å². The standard InChI is InChI=1S/C25H24B3N3O5/c26-21-13-35-14-25(27,28)31(21)10-15-4-6-16(7-5-15)12-36-20-3-1-2-17-18(20)11-30(24(17)34)19-8-9-22(32)29-23(19)33/h1-7,19,21H,8-14H2,(H,29,32,33). The molecule has 6 radical (unpaired) electrons. The minimum atomic E-state index is -1.13. The van der Waals surface area contributed by atoms with Crippen molar-refractivity contribution in [1.29, 1.82) is 0 Å². The van der Waals surface area contributed by atoms with E-state index in [0.717, 1.165) is 16.7 Å². The molecule has 0 bridgehead atoms. The molecule has 2 aromatic carbocycles. The van der Waals surface area contributed by atoms with Gasteiger partial charge in [-0.2, -0.15) is 0 Å². The van der Waals surface area contributed by atoms with Gasteiger partial charge in [-0.1, -0.05) is 30.3 Å². The van der Waals surface area contributed by atoms with Crippen LogP contribution in [0.5, 0.6) is 5.75 Å². The lowest BCUT2D eigenvalue weighted by Crippen LogP contribution is -2.62. The number of fused-ring (bicyclic) bond motifs is 1. The Morgan fingerprint density at radius 1 is 1.08 bits per heavy atom. The number of hydrogen-bond donors (Lipinski definition) is 1. The molecular weight excluding hydrogens is 455 g/mol. The van der Waals surface area contributed by atoms with Crippen LogP contribution in [0, 0.1) is 0 Å². The number of amides is 3. The zero-order valence-corrected chi connectivity index (χ0v) is 19.8. The Morgan fingerprint density at radius 2 is 1.83 bits per heavy atom. The average molecular weight is 479 g/mol. The van der Waals surface area contributed by atoms with Gasteiger partial charge in [-0.15, -0.1) is 0 Å². The highest BCUT2D eigenvalue weighted by Gasteiger charge is 2.40. The summed E-state index contributed by atoms with van der Waals surface area (Å²) in [6, 6.07) is 12.5. The fourth-order valence-electron chi connectivity index (χ4n) is 4.88. The monoisotopic (exact) mass is 479 g/mol. The lowest BCUT2D eigenvalue weighted by Gasteiger charge is -2.48. The van der Waals surface area contributed by atoms with Crippen LogP contribution in [-0.4, -0.2) is 81.6 Å². The number of nitrogens with one attached hydrogen (secondary N) is 1. The number of hydrogen-bond acceptors (Lipinski definition) is 6. The molecule has 2 saturated heterocycles. The quantitative estimate of drug-likeness (QED) is 0.476. The van der Waals surface area contributed by atoms with Gasteiger partial charge < -0.3 is 19.3 Å². The summed E-state index contributed by atoms with van der Waals surface area (Å²) in [5.41, 5.74) is 3.21. The Labute approximate surface area is 213 Å². The molecule has 8 nitrogen and oxygen atoms in total. The van der Waals surface area contributed by atoms with E-state index in [2.05, 4.69) is 5.32 Å². The van der Waals surface area contributed by atoms with Gasteiger partial charge in [0.15, 0.2) is 0 Å². The number of benzene rings is 2. The van der Waals surface area contributed by atoms with E-state index in [0.29, 0.717) is 37.5 Å². The van der Waals surface area contributed by atoms with Crippen molar-refractivity contribution in [2.45, 2.75) is 49.9 Å². The Bertz CT molecular complexity index is 1190. The lowest BCUT2D eigenvalue weighted by atomic mass is 9.59. The van der Waals surface area contributed by atoms with E-state index in [-0.39, 0.29) is 37.3 Å². The van der Waals surface area contributed by atoms with Gasteiger partial charge in [-0.25, -0.2) is 0 Å². The number of carbonyl (C=O) groups excluding carboxylic acids is 3. The summed E-state index contributed by atoms with van der Waals surface area (Å²) in [5.74, 6) is -0.774. The fraction of sp³-hybridized carbons (Fsp3) is 0.400. The first-order chi connectivity index (χ1) is 17.2. The SMILES string of the molecule is [B]C1COCC([B])([B])N1Cc1ccc(COc2cccc3c2CN(C2CCC(=O)NC2=O)C3=O)cc1. The maximum atomic E-state index is 13.0. The van der Waals surface area contributed by atoms with Gasteiger partial charge in [0.05, 0.1) is 36.7 Å². The number of carbonyl (C=O) groups is 3. The molecule has 3 aliphatic rings. The molecule has 178 valence electrons. The minimum absolute atomic E-state index is 0.206. The van der Waals surface area contributed by atoms with Crippen LogP contribution in [0.25, 0.3) is 0 Å². The molecular formula is C25H24B3N3O5. The van der Waals surface area contributed by atoms with Crippen LogP contribution < -0.4 is 10.1 Å². The third-order valence-electron chi connectivity index (χ3n) is 6.87. The van der Waals surface area contributed by atoms with E-state index in [1.54, 1.807) is 12.1 Å². The summed E-state index contributed by atoms with van der Waals surface area (Å²) in [6.45, 7) is 1.63. The fourth-order valence-corrected chi connectivity index (χ4v) is 4.88. The van der Waals surface area contributed by atoms with Crippen LogP contribution in [0.3, 0.4) is 0 Å². The molecule has 0 aliphatic carbocycles. The summed E-state index contributed by atoms with van der Waals surface area (Å²) < 4.78 is 11.4. The van der Waals surface area contributed by atoms with Crippen molar-refractivity contribution in [2.24, 2.45) is 0 Å². The number of piperidine rings is 1. The molecule has 36 heavy (non-hydrogen) atoms. The Hall–Kier alpha value is -3.04. The van der Waals surface area contributed by atoms with Crippen molar-refractivity contribution in [3.63, 3.8) is 0 Å². The first-order valence-corrected chi connectivity index (χ1v) is 11.9. The van der Waals surface area contributed by atoms with E-state index in [4.69, 9.17) is 33.0 Å². The van der Waals surface area contributed by atoms with Crippen molar-refractivity contribution in [3.8, 4) is 5.75 Å². The summed E-state index contributed by atoms with van der Waals surface area (Å²) in [5, 5.41) is 1.19. The summed E-state index contributed by atoms with van der Waals surface area (Å²) >= 11 is 0. The largest absolute Gasteiger partial charge is 0.489 e. The van der Waals surface area contributed by atoms with Gasteiger partial charge in [-0.3, -0.25) is 19.7 Å². The molecule has 0 spiro atoms. The maximum absolute atomic E-state index is 13.0. The Kier molecular flexibility index (Phi) is 6.70. The zero-order chi connectivity index (χ0) is 25.4. The molecule has 2 atom stereocenters. The van der Waals surface area contributed by atoms with E-state index < -0.39 is 17.3 Å². The second kappa shape index (κ2) is 9.79. The normalized spacial score (nSPS) is 23.9. The number of rotatable bonds is 6. The molecule has 1 N–H and O–H groups in total. The minimum Gasteiger partial charge on any atom is -0.489 e. The second-order valence-corrected chi connectivity index (χ2v) is 9.49. The Morgan fingerprint density at radius 3 is 2.56 bits per heavy atom. The first kappa shape index (κ1) is 24.7. The topological polar surface area (TPSA) is 88.2 Å². The van der Waals surface area contributed by atoms with Crippen LogP contribution in [0.4, 0.5) is 0 Å². The number of imide groups is 1. The summed E-state index contributed by atoms with van der Waals surface area (Å²) in [7, 11) is 18.4. The van der Waals surface area contributed by atoms with E-state index >= 15 is 0 Å². The van der Waals surface area contributed by atoms with Gasteiger partial charge in [0.1, 0.15) is 18.4 Å². The van der Waals surface area contributed by atoms with Gasteiger partial charge in [-0.05, 0) is 41.0 Å². The van der Waals surface area contributed by atoms with Gasteiger partial charge >= 0.3 is 0 Å². The van der Waals surface area contributed by atoms with Crippen LogP contribution in [0.1, 0.15) is 39.9 Å². The molecule has 3 aliphatic heterocycles. The Balaban J connectivity index is 1.24. The molecule has 2 unspecified atom stereocenters. The molecule has 2 fully saturated rings. The predicted molar refractivity (Wildman–Crippen MR) is 133 cm³/mol. The highest BCUT2D eigenvalue weighted by Crippen LogP contribution is 2.34. The van der Waals surface area contributed by atoms with Crippen LogP contribution in [-0.2, 0) is 34.0 Å². The maximum Gasteiger partial charge on any atom is 0.255 e. The van der Waals surface area contributed by atoms with Gasteiger partial charge in [0.2, 0.25) is 11.8 Å². The summed E-state index contributed by atoms with van der Waals surface area (Å²) in [6.07, 6.45) is 0.530. The average Bonchev–Trinajstić information content (AvgIpc) is 3.17. The van der Waals surface area contributed by atoms with Crippen LogP contribution in [0.15, 0.2) is 42.5 Å². The van der Waals surface area contributed by atoms with E-state index in [9.17, 15) is 14.4 Å². The third kappa shape index (κ3) is 4.82. The molecule has 0 aromatic heterocycles. The number of ether oxygens (including phenoxy) is 2. The van der Waals surface area contributed by atoms with Crippen LogP contribution >= 0.6 is 0 Å². The number of morpholine rings is 1. The molecule has 5 rings (SSSR count). The van der Waals surface area contributed by atoms with Crippen molar-refractivity contribution in [1.82, 2.24) is 15.1 Å². The second-order valence-electron chi connectivity index (χ2n) is 9.49. The molecule has 3 amide bonds. The van der Waals surface area contributed by atoms with E-state index in [1.807, 2.05) is 35.2 Å². The van der Waals surface area contributed by atoms with Crippen molar-refractivity contribution in [3.05, 3.63) is 64.7 Å². The summed E-state index contributed by atoms with van der Waals surface area (Å²) in [4.78, 5) is 40.1. The van der Waals surface area contributed by atoms with Crippen molar-refractivity contribution in [2.75, 3.05) is 13.2 Å². The lowest BCUT2D eigenvalue weighted by molar-refractivity contribution is -0.136. The highest BCUT2D eigenvalue weighted by molar-refractivity contribution is 6.40. The first-order valence-electron chi connectivity index (χ1n) is 11.9. The zero-order valence-electron chi connectivity index (χ0n) is 19.8. The molecule has 11 heteroatoms. The van der Waals surface area contributed by atoms with Gasteiger partial charge in [0.25, 0.3) is 5.91 Å². The van der Waals surface area contributed by atoms with Crippen molar-refractivity contribution < 1.29 is 23.9 Å². The molecule has 3 heterocycles.